The van der Waals surface area contributed by atoms with E-state index in [-0.39, 0.29) is 5.54 Å². The van der Waals surface area contributed by atoms with Crippen LogP contribution < -0.4 is 5.32 Å². The smallest absolute Gasteiger partial charge is 0.246 e. The molecular weight excluding hydrogens is 272 g/mol. The van der Waals surface area contributed by atoms with Crippen LogP contribution in [-0.2, 0) is 12.0 Å². The Labute approximate surface area is 122 Å². The summed E-state index contributed by atoms with van der Waals surface area (Å²) in [5.41, 5.74) is 0.951. The monoisotopic (exact) mass is 292 g/mol. The van der Waals surface area contributed by atoms with Crippen LogP contribution in [0.4, 0.5) is 0 Å². The van der Waals surface area contributed by atoms with Crippen LogP contribution in [0, 0.1) is 6.92 Å². The first kappa shape index (κ1) is 13.7. The summed E-state index contributed by atoms with van der Waals surface area (Å²) in [5.74, 6) is 1.48. The zero-order valence-electron chi connectivity index (χ0n) is 12.0. The average molecular weight is 292 g/mol. The van der Waals surface area contributed by atoms with Crippen molar-refractivity contribution in [3.63, 3.8) is 0 Å². The third-order valence-corrected chi connectivity index (χ3v) is 4.74. The maximum absolute atomic E-state index is 5.54. The SMILES string of the molecule is CCCC1(c2nc(Cc3nc(C)cs3)no2)CCCN1. The number of hydrogen-bond donors (Lipinski definition) is 1. The Morgan fingerprint density at radius 1 is 1.45 bits per heavy atom. The van der Waals surface area contributed by atoms with Gasteiger partial charge in [-0.1, -0.05) is 18.5 Å². The van der Waals surface area contributed by atoms with Gasteiger partial charge in [0.2, 0.25) is 5.89 Å². The number of hydrogen-bond acceptors (Lipinski definition) is 6. The van der Waals surface area contributed by atoms with Gasteiger partial charge in [0.05, 0.1) is 12.0 Å². The minimum atomic E-state index is -0.0984. The maximum Gasteiger partial charge on any atom is 0.246 e. The van der Waals surface area contributed by atoms with Crippen molar-refractivity contribution in [2.75, 3.05) is 6.54 Å². The second-order valence-corrected chi connectivity index (χ2v) is 6.38. The van der Waals surface area contributed by atoms with E-state index in [2.05, 4.69) is 27.4 Å². The summed E-state index contributed by atoms with van der Waals surface area (Å²) in [4.78, 5) is 9.06. The zero-order chi connectivity index (χ0) is 14.0. The molecule has 2 aromatic rings. The van der Waals surface area contributed by atoms with Gasteiger partial charge >= 0.3 is 0 Å². The highest BCUT2D eigenvalue weighted by Crippen LogP contribution is 2.34. The maximum atomic E-state index is 5.54. The molecule has 20 heavy (non-hydrogen) atoms. The lowest BCUT2D eigenvalue weighted by Gasteiger charge is -2.24. The van der Waals surface area contributed by atoms with Gasteiger partial charge in [-0.05, 0) is 32.7 Å². The van der Waals surface area contributed by atoms with E-state index in [1.54, 1.807) is 11.3 Å². The van der Waals surface area contributed by atoms with Gasteiger partial charge in [0.25, 0.3) is 0 Å². The minimum absolute atomic E-state index is 0.0984. The van der Waals surface area contributed by atoms with Gasteiger partial charge in [0.1, 0.15) is 5.01 Å². The summed E-state index contributed by atoms with van der Waals surface area (Å²) in [6.45, 7) is 5.22. The standard InChI is InChI=1S/C14H20N4OS/c1-3-5-14(6-4-7-15-14)13-17-11(18-19-13)8-12-16-10(2)9-20-12/h9,15H,3-8H2,1-2H3. The van der Waals surface area contributed by atoms with E-state index in [9.17, 15) is 0 Å². The highest BCUT2D eigenvalue weighted by Gasteiger charge is 2.39. The fourth-order valence-corrected chi connectivity index (χ4v) is 3.64. The second-order valence-electron chi connectivity index (χ2n) is 5.44. The van der Waals surface area contributed by atoms with E-state index in [0.717, 1.165) is 48.2 Å². The molecule has 2 aromatic heterocycles. The van der Waals surface area contributed by atoms with Crippen LogP contribution in [0.25, 0.3) is 0 Å². The van der Waals surface area contributed by atoms with Crippen LogP contribution in [-0.4, -0.2) is 21.7 Å². The van der Waals surface area contributed by atoms with Crippen LogP contribution in [0.15, 0.2) is 9.90 Å². The number of aryl methyl sites for hydroxylation is 1. The molecule has 1 saturated heterocycles. The van der Waals surface area contributed by atoms with E-state index >= 15 is 0 Å². The largest absolute Gasteiger partial charge is 0.337 e. The minimum Gasteiger partial charge on any atom is -0.337 e. The Hall–Kier alpha value is -1.27. The predicted octanol–water partition coefficient (Wildman–Crippen LogP) is 2.80. The van der Waals surface area contributed by atoms with Gasteiger partial charge < -0.3 is 9.84 Å². The van der Waals surface area contributed by atoms with Crippen molar-refractivity contribution in [1.82, 2.24) is 20.4 Å². The molecule has 3 heterocycles. The van der Waals surface area contributed by atoms with Gasteiger partial charge in [-0.2, -0.15) is 4.98 Å². The first-order valence-corrected chi connectivity index (χ1v) is 8.09. The fraction of sp³-hybridized carbons (Fsp3) is 0.643. The summed E-state index contributed by atoms with van der Waals surface area (Å²) < 4.78 is 5.54. The molecule has 0 saturated carbocycles. The Balaban J connectivity index is 1.78. The third-order valence-electron chi connectivity index (χ3n) is 3.77. The number of nitrogens with zero attached hydrogens (tertiary/aromatic N) is 3. The summed E-state index contributed by atoms with van der Waals surface area (Å²) in [6, 6.07) is 0. The van der Waals surface area contributed by atoms with E-state index in [0.29, 0.717) is 6.42 Å². The van der Waals surface area contributed by atoms with Gasteiger partial charge in [-0.15, -0.1) is 11.3 Å². The highest BCUT2D eigenvalue weighted by atomic mass is 32.1. The van der Waals surface area contributed by atoms with Gasteiger partial charge in [-0.25, -0.2) is 4.98 Å². The molecule has 1 atom stereocenters. The highest BCUT2D eigenvalue weighted by molar-refractivity contribution is 7.09. The van der Waals surface area contributed by atoms with E-state index < -0.39 is 0 Å². The summed E-state index contributed by atoms with van der Waals surface area (Å²) >= 11 is 1.65. The molecule has 0 spiro atoms. The van der Waals surface area contributed by atoms with Crippen molar-refractivity contribution in [3.8, 4) is 0 Å². The molecule has 0 aliphatic carbocycles. The topological polar surface area (TPSA) is 63.8 Å². The number of thiazole rings is 1. The normalized spacial score (nSPS) is 22.5. The molecule has 1 fully saturated rings. The molecule has 6 heteroatoms. The van der Waals surface area contributed by atoms with Crippen molar-refractivity contribution in [1.29, 1.82) is 0 Å². The average Bonchev–Trinajstić information content (AvgIpc) is 3.12. The molecule has 5 nitrogen and oxygen atoms in total. The molecule has 1 unspecified atom stereocenters. The third kappa shape index (κ3) is 2.62. The van der Waals surface area contributed by atoms with E-state index in [4.69, 9.17) is 4.52 Å². The Morgan fingerprint density at radius 2 is 2.35 bits per heavy atom. The predicted molar refractivity (Wildman–Crippen MR) is 77.8 cm³/mol. The number of nitrogens with one attached hydrogen (secondary N) is 1. The molecule has 108 valence electrons. The first-order chi connectivity index (χ1) is 9.72. The number of aromatic nitrogens is 3. The second kappa shape index (κ2) is 5.61. The quantitative estimate of drug-likeness (QED) is 0.918. The van der Waals surface area contributed by atoms with E-state index in [1.165, 1.54) is 6.42 Å². The van der Waals surface area contributed by atoms with Crippen LogP contribution in [0.3, 0.4) is 0 Å². The van der Waals surface area contributed by atoms with Crippen LogP contribution in [0.5, 0.6) is 0 Å². The number of rotatable bonds is 5. The van der Waals surface area contributed by atoms with E-state index in [1.807, 2.05) is 12.3 Å². The molecule has 3 rings (SSSR count). The lowest BCUT2D eigenvalue weighted by atomic mass is 9.92. The van der Waals surface area contributed by atoms with Gasteiger partial charge in [0, 0.05) is 11.1 Å². The molecule has 0 bridgehead atoms. The van der Waals surface area contributed by atoms with Gasteiger partial charge in [-0.3, -0.25) is 0 Å². The van der Waals surface area contributed by atoms with Crippen LogP contribution in [0.1, 0.15) is 55.0 Å². The summed E-state index contributed by atoms with van der Waals surface area (Å²) in [7, 11) is 0. The molecule has 0 radical (unpaired) electrons. The summed E-state index contributed by atoms with van der Waals surface area (Å²) in [5, 5.41) is 10.8. The first-order valence-electron chi connectivity index (χ1n) is 7.21. The van der Waals surface area contributed by atoms with Crippen LogP contribution >= 0.6 is 11.3 Å². The summed E-state index contributed by atoms with van der Waals surface area (Å²) in [6.07, 6.45) is 5.06. The van der Waals surface area contributed by atoms with Crippen molar-refractivity contribution in [2.24, 2.45) is 0 Å². The Kier molecular flexibility index (Phi) is 3.85. The molecule has 1 aliphatic rings. The fourth-order valence-electron chi connectivity index (χ4n) is 2.88. The molecule has 1 N–H and O–H groups in total. The molecule has 0 aromatic carbocycles. The van der Waals surface area contributed by atoms with Crippen molar-refractivity contribution < 1.29 is 4.52 Å². The van der Waals surface area contributed by atoms with Gasteiger partial charge in [0.15, 0.2) is 5.82 Å². The molecule has 0 amide bonds. The molecule has 1 aliphatic heterocycles. The van der Waals surface area contributed by atoms with Crippen molar-refractivity contribution in [3.05, 3.63) is 27.8 Å². The van der Waals surface area contributed by atoms with Crippen molar-refractivity contribution >= 4 is 11.3 Å². The molecular formula is C14H20N4OS. The Bertz CT molecular complexity index is 571. The zero-order valence-corrected chi connectivity index (χ0v) is 12.8. The Morgan fingerprint density at radius 3 is 3.00 bits per heavy atom. The van der Waals surface area contributed by atoms with Crippen molar-refractivity contribution in [2.45, 2.75) is 51.5 Å². The lowest BCUT2D eigenvalue weighted by molar-refractivity contribution is 0.240. The lowest BCUT2D eigenvalue weighted by Crippen LogP contribution is -2.37. The van der Waals surface area contributed by atoms with Crippen LogP contribution in [0.2, 0.25) is 0 Å².